The molecule has 3 rings (SSSR count). The van der Waals surface area contributed by atoms with E-state index in [2.05, 4.69) is 17.6 Å². The molecule has 0 radical (unpaired) electrons. The van der Waals surface area contributed by atoms with Crippen LogP contribution < -0.4 is 10.6 Å². The Hall–Kier alpha value is -1.05. The quantitative estimate of drug-likeness (QED) is 0.595. The average Bonchev–Trinajstić information content (AvgIpc) is 3.23. The highest BCUT2D eigenvalue weighted by Crippen LogP contribution is 2.34. The molecule has 29 heavy (non-hydrogen) atoms. The molecule has 7 heteroatoms. The van der Waals surface area contributed by atoms with Crippen LogP contribution in [-0.4, -0.2) is 37.2 Å². The summed E-state index contributed by atoms with van der Waals surface area (Å²) in [4.78, 5) is 13.3. The van der Waals surface area contributed by atoms with Crippen LogP contribution in [-0.2, 0) is 14.6 Å². The molecule has 3 unspecified atom stereocenters. The predicted molar refractivity (Wildman–Crippen MR) is 120 cm³/mol. The Kier molecular flexibility index (Phi) is 7.68. The van der Waals surface area contributed by atoms with Crippen molar-refractivity contribution in [2.45, 2.75) is 86.6 Å². The molecular weight excluding hydrogens is 404 g/mol. The fraction of sp³-hybridized carbons (Fsp3) is 0.682. The van der Waals surface area contributed by atoms with Crippen molar-refractivity contribution in [1.29, 1.82) is 0 Å². The highest BCUT2D eigenvalue weighted by atomic mass is 32.2. The Morgan fingerprint density at radius 2 is 1.97 bits per heavy atom. The van der Waals surface area contributed by atoms with Crippen LogP contribution in [0.25, 0.3) is 0 Å². The summed E-state index contributed by atoms with van der Waals surface area (Å²) in [6, 6.07) is 7.31. The van der Waals surface area contributed by atoms with Crippen LogP contribution >= 0.6 is 11.8 Å². The fourth-order valence-corrected chi connectivity index (χ4v) is 6.21. The first-order chi connectivity index (χ1) is 13.8. The van der Waals surface area contributed by atoms with Gasteiger partial charge in [0.2, 0.25) is 5.91 Å². The van der Waals surface area contributed by atoms with E-state index in [-0.39, 0.29) is 22.9 Å². The first-order valence-corrected chi connectivity index (χ1v) is 13.8. The minimum Gasteiger partial charge on any atom is -0.337 e. The molecule has 1 aromatic carbocycles. The van der Waals surface area contributed by atoms with Crippen molar-refractivity contribution in [2.75, 3.05) is 12.0 Å². The molecule has 2 heterocycles. The molecular formula is C22H34N2O3S2. The van der Waals surface area contributed by atoms with E-state index in [1.807, 2.05) is 12.1 Å². The number of carbonyl (C=O) groups excluding carboxylic acids is 1. The number of amides is 1. The zero-order valence-corrected chi connectivity index (χ0v) is 19.2. The standard InChI is InChI=1S/C22H34N2O3S2/c1-3-4-5-14-22(24-21(25)20-9-7-16-28-20)15-6-8-19(23-22)17-10-12-18(13-11-17)29(2,26)27/h10-13,19-20,23H,3-9,14-16H2,1-2H3,(H,24,25). The van der Waals surface area contributed by atoms with Gasteiger partial charge in [0.15, 0.2) is 9.84 Å². The molecule has 0 aromatic heterocycles. The number of hydrogen-bond acceptors (Lipinski definition) is 5. The Morgan fingerprint density at radius 3 is 2.59 bits per heavy atom. The molecule has 1 amide bonds. The molecule has 2 N–H and O–H groups in total. The van der Waals surface area contributed by atoms with Gasteiger partial charge in [-0.1, -0.05) is 31.9 Å². The third-order valence-electron chi connectivity index (χ3n) is 6.05. The van der Waals surface area contributed by atoms with Gasteiger partial charge in [0, 0.05) is 12.3 Å². The van der Waals surface area contributed by atoms with Crippen LogP contribution in [0, 0.1) is 0 Å². The van der Waals surface area contributed by atoms with Gasteiger partial charge in [-0.25, -0.2) is 8.42 Å². The van der Waals surface area contributed by atoms with Gasteiger partial charge in [-0.05, 0) is 68.4 Å². The second kappa shape index (κ2) is 9.84. The molecule has 5 nitrogen and oxygen atoms in total. The largest absolute Gasteiger partial charge is 0.337 e. The van der Waals surface area contributed by atoms with Gasteiger partial charge in [0.25, 0.3) is 0 Å². The second-order valence-corrected chi connectivity index (χ2v) is 11.8. The number of carbonyl (C=O) groups is 1. The SMILES string of the molecule is CCCCCC1(NC(=O)C2CCCS2)CCCC(c2ccc(S(C)(=O)=O)cc2)N1. The van der Waals surface area contributed by atoms with E-state index in [0.29, 0.717) is 4.90 Å². The van der Waals surface area contributed by atoms with Crippen molar-refractivity contribution < 1.29 is 13.2 Å². The lowest BCUT2D eigenvalue weighted by Gasteiger charge is -2.44. The van der Waals surface area contributed by atoms with Crippen molar-refractivity contribution in [2.24, 2.45) is 0 Å². The summed E-state index contributed by atoms with van der Waals surface area (Å²) in [7, 11) is -3.19. The Morgan fingerprint density at radius 1 is 1.21 bits per heavy atom. The molecule has 162 valence electrons. The summed E-state index contributed by atoms with van der Waals surface area (Å²) >= 11 is 1.77. The molecule has 0 bridgehead atoms. The maximum absolute atomic E-state index is 12.9. The van der Waals surface area contributed by atoms with Gasteiger partial charge in [-0.15, -0.1) is 11.8 Å². The zero-order valence-electron chi connectivity index (χ0n) is 17.6. The van der Waals surface area contributed by atoms with Gasteiger partial charge in [-0.3, -0.25) is 10.1 Å². The summed E-state index contributed by atoms with van der Waals surface area (Å²) in [5.41, 5.74) is 0.717. The predicted octanol–water partition coefficient (Wildman–Crippen LogP) is 4.19. The number of unbranched alkanes of at least 4 members (excludes halogenated alkanes) is 2. The Bertz CT molecular complexity index is 789. The van der Waals surface area contributed by atoms with Crippen molar-refractivity contribution in [3.05, 3.63) is 29.8 Å². The van der Waals surface area contributed by atoms with Crippen molar-refractivity contribution in [1.82, 2.24) is 10.6 Å². The summed E-state index contributed by atoms with van der Waals surface area (Å²) < 4.78 is 23.5. The monoisotopic (exact) mass is 438 g/mol. The molecule has 1 aromatic rings. The summed E-state index contributed by atoms with van der Waals surface area (Å²) in [6.07, 6.45) is 10.6. The number of piperidine rings is 1. The molecule has 3 atom stereocenters. The van der Waals surface area contributed by atoms with Gasteiger partial charge < -0.3 is 5.32 Å². The topological polar surface area (TPSA) is 75.3 Å². The van der Waals surface area contributed by atoms with Gasteiger partial charge >= 0.3 is 0 Å². The van der Waals surface area contributed by atoms with Crippen LogP contribution in [0.1, 0.15) is 76.3 Å². The van der Waals surface area contributed by atoms with Crippen LogP contribution in [0.2, 0.25) is 0 Å². The van der Waals surface area contributed by atoms with E-state index in [4.69, 9.17) is 0 Å². The minimum absolute atomic E-state index is 0.0780. The lowest BCUT2D eigenvalue weighted by Crippen LogP contribution is -2.62. The van der Waals surface area contributed by atoms with Crippen LogP contribution in [0.5, 0.6) is 0 Å². The second-order valence-electron chi connectivity index (χ2n) is 8.46. The summed E-state index contributed by atoms with van der Waals surface area (Å²) in [5, 5.41) is 7.24. The van der Waals surface area contributed by atoms with Crippen LogP contribution in [0.4, 0.5) is 0 Å². The number of thioether (sulfide) groups is 1. The van der Waals surface area contributed by atoms with Crippen molar-refractivity contribution >= 4 is 27.5 Å². The number of hydrogen-bond donors (Lipinski definition) is 2. The molecule has 2 aliphatic rings. The zero-order chi connectivity index (χ0) is 20.9. The van der Waals surface area contributed by atoms with E-state index in [9.17, 15) is 13.2 Å². The lowest BCUT2D eigenvalue weighted by atomic mass is 9.86. The first-order valence-electron chi connectivity index (χ1n) is 10.8. The molecule has 2 fully saturated rings. The highest BCUT2D eigenvalue weighted by Gasteiger charge is 2.39. The molecule has 0 aliphatic carbocycles. The summed E-state index contributed by atoms with van der Waals surface area (Å²) in [6.45, 7) is 2.20. The molecule has 0 saturated carbocycles. The number of benzene rings is 1. The maximum Gasteiger partial charge on any atom is 0.234 e. The number of nitrogens with one attached hydrogen (secondary N) is 2. The normalized spacial score (nSPS) is 27.7. The maximum atomic E-state index is 12.9. The Balaban J connectivity index is 1.75. The highest BCUT2D eigenvalue weighted by molar-refractivity contribution is 8.00. The van der Waals surface area contributed by atoms with Crippen molar-refractivity contribution in [3.63, 3.8) is 0 Å². The minimum atomic E-state index is -3.19. The van der Waals surface area contributed by atoms with E-state index >= 15 is 0 Å². The number of rotatable bonds is 8. The van der Waals surface area contributed by atoms with Crippen molar-refractivity contribution in [3.8, 4) is 0 Å². The molecule has 2 saturated heterocycles. The molecule has 2 aliphatic heterocycles. The van der Waals surface area contributed by atoms with Crippen LogP contribution in [0.15, 0.2) is 29.2 Å². The Labute approximate surface area is 179 Å². The third-order valence-corrected chi connectivity index (χ3v) is 8.55. The van der Waals surface area contributed by atoms with E-state index in [1.54, 1.807) is 23.9 Å². The van der Waals surface area contributed by atoms with E-state index in [0.717, 1.165) is 69.1 Å². The van der Waals surface area contributed by atoms with E-state index < -0.39 is 9.84 Å². The van der Waals surface area contributed by atoms with Gasteiger partial charge in [0.1, 0.15) is 0 Å². The lowest BCUT2D eigenvalue weighted by molar-refractivity contribution is -0.123. The van der Waals surface area contributed by atoms with Crippen LogP contribution in [0.3, 0.4) is 0 Å². The third kappa shape index (κ3) is 5.98. The molecule has 0 spiro atoms. The average molecular weight is 439 g/mol. The first kappa shape index (κ1) is 22.6. The fourth-order valence-electron chi connectivity index (χ4n) is 4.42. The van der Waals surface area contributed by atoms with Gasteiger partial charge in [-0.2, -0.15) is 0 Å². The smallest absolute Gasteiger partial charge is 0.234 e. The summed E-state index contributed by atoms with van der Waals surface area (Å²) in [5.74, 6) is 1.24. The van der Waals surface area contributed by atoms with Gasteiger partial charge in [0.05, 0.1) is 15.8 Å². The number of sulfone groups is 1. The van der Waals surface area contributed by atoms with E-state index in [1.165, 1.54) is 6.26 Å².